The van der Waals surface area contributed by atoms with Gasteiger partial charge in [0, 0.05) is 6.08 Å². The third-order valence-electron chi connectivity index (χ3n) is 3.43. The Labute approximate surface area is 137 Å². The van der Waals surface area contributed by atoms with Gasteiger partial charge in [0.15, 0.2) is 0 Å². The maximum Gasteiger partial charge on any atom is 0.248 e. The van der Waals surface area contributed by atoms with E-state index in [1.807, 2.05) is 43.3 Å². The molecule has 0 aliphatic rings. The van der Waals surface area contributed by atoms with Crippen molar-refractivity contribution >= 4 is 40.4 Å². The molecule has 116 valence electrons. The first-order chi connectivity index (χ1) is 11.2. The molecule has 6 heteroatoms. The molecule has 3 aromatic rings. The quantitative estimate of drug-likeness (QED) is 0.744. The minimum Gasteiger partial charge on any atom is -0.497 e. The fourth-order valence-corrected chi connectivity index (χ4v) is 2.70. The second-order valence-corrected chi connectivity index (χ2v) is 5.51. The number of aryl methyl sites for hydroxylation is 1. The predicted octanol–water partition coefficient (Wildman–Crippen LogP) is 3.66. The Hall–Kier alpha value is -2.73. The number of carbonyl (C=O) groups is 1. The first-order valence-electron chi connectivity index (χ1n) is 7.02. The van der Waals surface area contributed by atoms with Crippen molar-refractivity contribution in [3.63, 3.8) is 0 Å². The van der Waals surface area contributed by atoms with Gasteiger partial charge in [0.05, 0.1) is 24.5 Å². The van der Waals surface area contributed by atoms with E-state index in [0.29, 0.717) is 5.69 Å². The second-order valence-electron chi connectivity index (χ2n) is 4.99. The zero-order chi connectivity index (χ0) is 16.2. The highest BCUT2D eigenvalue weighted by Crippen LogP contribution is 2.25. The van der Waals surface area contributed by atoms with Crippen LogP contribution in [0.4, 0.5) is 5.69 Å². The smallest absolute Gasteiger partial charge is 0.248 e. The van der Waals surface area contributed by atoms with E-state index in [2.05, 4.69) is 14.1 Å². The number of fused-ring (bicyclic) bond motifs is 1. The highest BCUT2D eigenvalue weighted by molar-refractivity contribution is 7.00. The summed E-state index contributed by atoms with van der Waals surface area (Å²) in [6, 6.07) is 11.3. The molecule has 0 aliphatic carbocycles. The Kier molecular flexibility index (Phi) is 4.34. The number of nitrogens with one attached hydrogen (secondary N) is 1. The van der Waals surface area contributed by atoms with Crippen LogP contribution >= 0.6 is 11.7 Å². The number of hydrogen-bond acceptors (Lipinski definition) is 5. The molecule has 1 aromatic heterocycles. The summed E-state index contributed by atoms with van der Waals surface area (Å²) in [5.41, 5.74) is 4.10. The van der Waals surface area contributed by atoms with Crippen LogP contribution in [0.15, 0.2) is 42.5 Å². The fourth-order valence-electron chi connectivity index (χ4n) is 2.16. The van der Waals surface area contributed by atoms with Crippen LogP contribution in [0.2, 0.25) is 0 Å². The molecule has 0 fully saturated rings. The molecular formula is C17H15N3O2S. The molecule has 0 saturated heterocycles. The SMILES string of the molecule is COc1ccc(/C=C/C(=O)Nc2c(C)ccc3nsnc23)cc1. The highest BCUT2D eigenvalue weighted by atomic mass is 32.1. The monoisotopic (exact) mass is 325 g/mol. The van der Waals surface area contributed by atoms with E-state index < -0.39 is 0 Å². The summed E-state index contributed by atoms with van der Waals surface area (Å²) < 4.78 is 13.5. The molecule has 0 unspecified atom stereocenters. The molecule has 1 heterocycles. The summed E-state index contributed by atoms with van der Waals surface area (Å²) >= 11 is 1.14. The van der Waals surface area contributed by atoms with Gasteiger partial charge in [-0.15, -0.1) is 0 Å². The lowest BCUT2D eigenvalue weighted by molar-refractivity contribution is -0.111. The lowest BCUT2D eigenvalue weighted by Crippen LogP contribution is -2.09. The first kappa shape index (κ1) is 15.2. The van der Waals surface area contributed by atoms with E-state index in [4.69, 9.17) is 4.74 Å². The average Bonchev–Trinajstić information content (AvgIpc) is 3.05. The van der Waals surface area contributed by atoms with Crippen molar-refractivity contribution in [1.29, 1.82) is 0 Å². The number of carbonyl (C=O) groups excluding carboxylic acids is 1. The molecular weight excluding hydrogens is 310 g/mol. The van der Waals surface area contributed by atoms with Crippen molar-refractivity contribution in [2.24, 2.45) is 0 Å². The Balaban J connectivity index is 1.76. The summed E-state index contributed by atoms with van der Waals surface area (Å²) in [7, 11) is 1.62. The van der Waals surface area contributed by atoms with Gasteiger partial charge in [0.1, 0.15) is 16.8 Å². The predicted molar refractivity (Wildman–Crippen MR) is 92.8 cm³/mol. The van der Waals surface area contributed by atoms with Gasteiger partial charge in [-0.2, -0.15) is 8.75 Å². The van der Waals surface area contributed by atoms with Crippen LogP contribution in [0.1, 0.15) is 11.1 Å². The summed E-state index contributed by atoms with van der Waals surface area (Å²) in [6.45, 7) is 1.93. The Morgan fingerprint density at radius 1 is 1.17 bits per heavy atom. The summed E-state index contributed by atoms with van der Waals surface area (Å²) in [5, 5.41) is 2.89. The molecule has 3 rings (SSSR count). The first-order valence-corrected chi connectivity index (χ1v) is 7.75. The molecule has 5 nitrogen and oxygen atoms in total. The van der Waals surface area contributed by atoms with Gasteiger partial charge >= 0.3 is 0 Å². The summed E-state index contributed by atoms with van der Waals surface area (Å²) in [6.07, 6.45) is 3.25. The second kappa shape index (κ2) is 6.58. The van der Waals surface area contributed by atoms with Gasteiger partial charge in [0.25, 0.3) is 0 Å². The fraction of sp³-hybridized carbons (Fsp3) is 0.118. The van der Waals surface area contributed by atoms with E-state index in [1.54, 1.807) is 13.2 Å². The number of ether oxygens (including phenoxy) is 1. The van der Waals surface area contributed by atoms with Gasteiger partial charge in [-0.25, -0.2) is 0 Å². The minimum atomic E-state index is -0.204. The number of anilines is 1. The topological polar surface area (TPSA) is 64.1 Å². The third kappa shape index (κ3) is 3.37. The van der Waals surface area contributed by atoms with E-state index in [1.165, 1.54) is 6.08 Å². The van der Waals surface area contributed by atoms with Crippen LogP contribution in [0.3, 0.4) is 0 Å². The van der Waals surface area contributed by atoms with E-state index in [9.17, 15) is 4.79 Å². The molecule has 2 aromatic carbocycles. The molecule has 0 spiro atoms. The molecule has 0 atom stereocenters. The van der Waals surface area contributed by atoms with Crippen molar-refractivity contribution in [3.8, 4) is 5.75 Å². The largest absolute Gasteiger partial charge is 0.497 e. The van der Waals surface area contributed by atoms with Crippen LogP contribution in [0.5, 0.6) is 5.75 Å². The molecule has 1 amide bonds. The van der Waals surface area contributed by atoms with Crippen molar-refractivity contribution in [3.05, 3.63) is 53.6 Å². The van der Waals surface area contributed by atoms with Crippen LogP contribution < -0.4 is 10.1 Å². The minimum absolute atomic E-state index is 0.204. The van der Waals surface area contributed by atoms with Crippen molar-refractivity contribution in [1.82, 2.24) is 8.75 Å². The van der Waals surface area contributed by atoms with Crippen molar-refractivity contribution in [2.45, 2.75) is 6.92 Å². The van der Waals surface area contributed by atoms with E-state index >= 15 is 0 Å². The Morgan fingerprint density at radius 2 is 1.96 bits per heavy atom. The maximum atomic E-state index is 12.2. The van der Waals surface area contributed by atoms with Gasteiger partial charge in [0.2, 0.25) is 5.91 Å². The third-order valence-corrected chi connectivity index (χ3v) is 3.97. The van der Waals surface area contributed by atoms with E-state index in [0.717, 1.165) is 39.6 Å². The standard InChI is InChI=1S/C17H15N3O2S/c1-11-3-9-14-17(20-23-19-14)16(11)18-15(21)10-6-12-4-7-13(22-2)8-5-12/h3-10H,1-2H3,(H,18,21)/b10-6+. The van der Waals surface area contributed by atoms with Crippen LogP contribution in [-0.4, -0.2) is 21.8 Å². The molecule has 23 heavy (non-hydrogen) atoms. The van der Waals surface area contributed by atoms with Gasteiger partial charge in [-0.3, -0.25) is 4.79 Å². The van der Waals surface area contributed by atoms with Gasteiger partial charge in [-0.05, 0) is 42.3 Å². The maximum absolute atomic E-state index is 12.2. The molecule has 0 bridgehead atoms. The lowest BCUT2D eigenvalue weighted by atomic mass is 10.1. The van der Waals surface area contributed by atoms with Crippen LogP contribution in [-0.2, 0) is 4.79 Å². The molecule has 0 saturated carbocycles. The van der Waals surface area contributed by atoms with E-state index in [-0.39, 0.29) is 5.91 Å². The van der Waals surface area contributed by atoms with Crippen LogP contribution in [0, 0.1) is 6.92 Å². The number of rotatable bonds is 4. The zero-order valence-electron chi connectivity index (χ0n) is 12.7. The number of methoxy groups -OCH3 is 1. The number of aromatic nitrogens is 2. The summed E-state index contributed by atoms with van der Waals surface area (Å²) in [4.78, 5) is 12.2. The number of benzene rings is 2. The summed E-state index contributed by atoms with van der Waals surface area (Å²) in [5.74, 6) is 0.578. The van der Waals surface area contributed by atoms with Gasteiger partial charge < -0.3 is 10.1 Å². The van der Waals surface area contributed by atoms with Crippen molar-refractivity contribution < 1.29 is 9.53 Å². The average molecular weight is 325 g/mol. The Bertz CT molecular complexity index is 869. The number of nitrogens with zero attached hydrogens (tertiary/aromatic N) is 2. The van der Waals surface area contributed by atoms with Crippen LogP contribution in [0.25, 0.3) is 17.1 Å². The lowest BCUT2D eigenvalue weighted by Gasteiger charge is -2.06. The normalized spacial score (nSPS) is 11.0. The number of hydrogen-bond donors (Lipinski definition) is 1. The highest BCUT2D eigenvalue weighted by Gasteiger charge is 2.10. The van der Waals surface area contributed by atoms with Gasteiger partial charge in [-0.1, -0.05) is 18.2 Å². The van der Waals surface area contributed by atoms with Crippen molar-refractivity contribution in [2.75, 3.05) is 12.4 Å². The molecule has 0 radical (unpaired) electrons. The molecule has 0 aliphatic heterocycles. The molecule has 1 N–H and O–H groups in total. The number of amides is 1. The Morgan fingerprint density at radius 3 is 2.70 bits per heavy atom. The zero-order valence-corrected chi connectivity index (χ0v) is 13.6.